The number of likely N-dealkylation sites (tertiary alicyclic amines) is 1. The van der Waals surface area contributed by atoms with Crippen LogP contribution in [-0.2, 0) is 0 Å². The number of amides is 2. The van der Waals surface area contributed by atoms with Gasteiger partial charge in [-0.1, -0.05) is 6.92 Å². The molecule has 4 heteroatoms. The second kappa shape index (κ2) is 5.07. The first-order chi connectivity index (χ1) is 6.27. The first-order valence-corrected chi connectivity index (χ1v) is 4.97. The van der Waals surface area contributed by atoms with Crippen LogP contribution in [0.2, 0.25) is 0 Å². The third-order valence-corrected chi connectivity index (χ3v) is 2.63. The Kier molecular flexibility index (Phi) is 4.02. The minimum absolute atomic E-state index is 0.0806. The molecule has 0 saturated carbocycles. The third kappa shape index (κ3) is 2.88. The lowest BCUT2D eigenvalue weighted by molar-refractivity contribution is 0.230. The highest BCUT2D eigenvalue weighted by molar-refractivity contribution is 5.73. The van der Waals surface area contributed by atoms with Crippen LogP contribution >= 0.6 is 0 Å². The van der Waals surface area contributed by atoms with Crippen LogP contribution in [0.1, 0.15) is 19.8 Å². The second-order valence-electron chi connectivity index (χ2n) is 3.38. The maximum Gasteiger partial charge on any atom is 0.314 e. The number of rotatable bonds is 3. The van der Waals surface area contributed by atoms with Crippen molar-refractivity contribution in [2.75, 3.05) is 26.7 Å². The number of nitrogens with zero attached hydrogens (tertiary/aromatic N) is 1. The number of urea groups is 1. The first-order valence-electron chi connectivity index (χ1n) is 4.97. The van der Waals surface area contributed by atoms with Crippen molar-refractivity contribution >= 4 is 6.03 Å². The number of carbonyl (C=O) groups excluding carboxylic acids is 1. The lowest BCUT2D eigenvalue weighted by Gasteiger charge is -2.22. The Morgan fingerprint density at radius 2 is 2.38 bits per heavy atom. The SMILES string of the molecule is CCN1CCC[C@@H]1CNC(=O)NC. The van der Waals surface area contributed by atoms with Crippen molar-refractivity contribution in [3.63, 3.8) is 0 Å². The monoisotopic (exact) mass is 185 g/mol. The van der Waals surface area contributed by atoms with Crippen molar-refractivity contribution in [1.82, 2.24) is 15.5 Å². The van der Waals surface area contributed by atoms with Crippen LogP contribution in [0.4, 0.5) is 4.79 Å². The van der Waals surface area contributed by atoms with E-state index in [0.717, 1.165) is 13.1 Å². The molecule has 13 heavy (non-hydrogen) atoms. The minimum atomic E-state index is -0.0806. The Labute approximate surface area is 79.7 Å². The predicted molar refractivity (Wildman–Crippen MR) is 52.7 cm³/mol. The van der Waals surface area contributed by atoms with Gasteiger partial charge in [0, 0.05) is 19.6 Å². The van der Waals surface area contributed by atoms with Crippen molar-refractivity contribution in [2.45, 2.75) is 25.8 Å². The lowest BCUT2D eigenvalue weighted by Crippen LogP contribution is -2.42. The molecule has 0 aromatic rings. The topological polar surface area (TPSA) is 44.4 Å². The van der Waals surface area contributed by atoms with Crippen molar-refractivity contribution in [3.05, 3.63) is 0 Å². The van der Waals surface area contributed by atoms with E-state index in [4.69, 9.17) is 0 Å². The summed E-state index contributed by atoms with van der Waals surface area (Å²) in [4.78, 5) is 13.3. The Morgan fingerprint density at radius 1 is 1.62 bits per heavy atom. The molecule has 76 valence electrons. The quantitative estimate of drug-likeness (QED) is 0.668. The Morgan fingerprint density at radius 3 is 3.00 bits per heavy atom. The summed E-state index contributed by atoms with van der Waals surface area (Å²) >= 11 is 0. The van der Waals surface area contributed by atoms with Crippen LogP contribution in [0, 0.1) is 0 Å². The van der Waals surface area contributed by atoms with E-state index in [-0.39, 0.29) is 6.03 Å². The minimum Gasteiger partial charge on any atom is -0.341 e. The highest BCUT2D eigenvalue weighted by Gasteiger charge is 2.22. The Bertz CT molecular complexity index is 172. The average Bonchev–Trinajstić information content (AvgIpc) is 2.61. The van der Waals surface area contributed by atoms with Crippen LogP contribution in [0.3, 0.4) is 0 Å². The van der Waals surface area contributed by atoms with Crippen LogP contribution in [0.15, 0.2) is 0 Å². The summed E-state index contributed by atoms with van der Waals surface area (Å²) in [5.74, 6) is 0. The first kappa shape index (κ1) is 10.3. The molecule has 0 aromatic heterocycles. The molecule has 0 radical (unpaired) electrons. The zero-order valence-corrected chi connectivity index (χ0v) is 8.47. The van der Waals surface area contributed by atoms with E-state index in [0.29, 0.717) is 6.04 Å². The van der Waals surface area contributed by atoms with Crippen molar-refractivity contribution in [1.29, 1.82) is 0 Å². The molecular formula is C9H19N3O. The molecule has 0 unspecified atom stereocenters. The van der Waals surface area contributed by atoms with Gasteiger partial charge in [0.25, 0.3) is 0 Å². The standard InChI is InChI=1S/C9H19N3O/c1-3-12-6-4-5-8(12)7-11-9(13)10-2/h8H,3-7H2,1-2H3,(H2,10,11,13)/t8-/m1/s1. The molecule has 0 aliphatic carbocycles. The van der Waals surface area contributed by atoms with E-state index in [1.165, 1.54) is 19.4 Å². The molecule has 1 atom stereocenters. The molecule has 2 N–H and O–H groups in total. The normalized spacial score (nSPS) is 23.1. The summed E-state index contributed by atoms with van der Waals surface area (Å²) in [6.45, 7) is 5.20. The van der Waals surface area contributed by atoms with Gasteiger partial charge in [-0.3, -0.25) is 4.90 Å². The second-order valence-corrected chi connectivity index (χ2v) is 3.38. The fourth-order valence-electron chi connectivity index (χ4n) is 1.84. The maximum absolute atomic E-state index is 10.9. The number of carbonyl (C=O) groups is 1. The van der Waals surface area contributed by atoms with E-state index in [2.05, 4.69) is 22.5 Å². The van der Waals surface area contributed by atoms with Gasteiger partial charge < -0.3 is 10.6 Å². The molecule has 1 aliphatic rings. The van der Waals surface area contributed by atoms with Gasteiger partial charge in [0.05, 0.1) is 0 Å². The van der Waals surface area contributed by atoms with Crippen molar-refractivity contribution < 1.29 is 4.79 Å². The largest absolute Gasteiger partial charge is 0.341 e. The van der Waals surface area contributed by atoms with Gasteiger partial charge in [-0.25, -0.2) is 4.79 Å². The number of nitrogens with one attached hydrogen (secondary N) is 2. The molecule has 1 fully saturated rings. The van der Waals surface area contributed by atoms with Gasteiger partial charge in [0.1, 0.15) is 0 Å². The summed E-state index contributed by atoms with van der Waals surface area (Å²) in [5, 5.41) is 5.40. The summed E-state index contributed by atoms with van der Waals surface area (Å²) in [7, 11) is 1.64. The predicted octanol–water partition coefficient (Wildman–Crippen LogP) is 0.400. The van der Waals surface area contributed by atoms with Gasteiger partial charge in [0.15, 0.2) is 0 Å². The van der Waals surface area contributed by atoms with Gasteiger partial charge in [-0.05, 0) is 25.9 Å². The van der Waals surface area contributed by atoms with Crippen LogP contribution in [0.5, 0.6) is 0 Å². The van der Waals surface area contributed by atoms with E-state index < -0.39 is 0 Å². The van der Waals surface area contributed by atoms with E-state index in [1.54, 1.807) is 7.05 Å². The molecule has 1 aliphatic heterocycles. The smallest absolute Gasteiger partial charge is 0.314 e. The zero-order chi connectivity index (χ0) is 9.68. The lowest BCUT2D eigenvalue weighted by atomic mass is 10.2. The van der Waals surface area contributed by atoms with Gasteiger partial charge in [-0.2, -0.15) is 0 Å². The van der Waals surface area contributed by atoms with Crippen LogP contribution in [-0.4, -0.2) is 43.7 Å². The van der Waals surface area contributed by atoms with Gasteiger partial charge in [0.2, 0.25) is 0 Å². The Balaban J connectivity index is 2.23. The molecule has 0 aromatic carbocycles. The zero-order valence-electron chi connectivity index (χ0n) is 8.47. The number of hydrogen-bond acceptors (Lipinski definition) is 2. The van der Waals surface area contributed by atoms with E-state index in [9.17, 15) is 4.79 Å². The maximum atomic E-state index is 10.9. The fraction of sp³-hybridized carbons (Fsp3) is 0.889. The van der Waals surface area contributed by atoms with E-state index >= 15 is 0 Å². The molecule has 1 saturated heterocycles. The summed E-state index contributed by atoms with van der Waals surface area (Å²) in [6.07, 6.45) is 2.46. The molecule has 0 spiro atoms. The van der Waals surface area contributed by atoms with Gasteiger partial charge >= 0.3 is 6.03 Å². The van der Waals surface area contributed by atoms with Gasteiger partial charge in [-0.15, -0.1) is 0 Å². The summed E-state index contributed by atoms with van der Waals surface area (Å²) in [6, 6.07) is 0.463. The number of likely N-dealkylation sites (N-methyl/N-ethyl adjacent to an activating group) is 1. The molecule has 0 bridgehead atoms. The highest BCUT2D eigenvalue weighted by Crippen LogP contribution is 2.15. The summed E-state index contributed by atoms with van der Waals surface area (Å²) in [5.41, 5.74) is 0. The van der Waals surface area contributed by atoms with Crippen molar-refractivity contribution in [2.24, 2.45) is 0 Å². The van der Waals surface area contributed by atoms with Crippen molar-refractivity contribution in [3.8, 4) is 0 Å². The molecule has 4 nitrogen and oxygen atoms in total. The third-order valence-electron chi connectivity index (χ3n) is 2.63. The summed E-state index contributed by atoms with van der Waals surface area (Å²) < 4.78 is 0. The highest BCUT2D eigenvalue weighted by atomic mass is 16.2. The molecule has 1 rings (SSSR count). The average molecular weight is 185 g/mol. The molecule has 1 heterocycles. The van der Waals surface area contributed by atoms with Crippen LogP contribution in [0.25, 0.3) is 0 Å². The number of hydrogen-bond donors (Lipinski definition) is 2. The molecule has 2 amide bonds. The molecular weight excluding hydrogens is 166 g/mol. The Hall–Kier alpha value is -0.770. The fourth-order valence-corrected chi connectivity index (χ4v) is 1.84. The van der Waals surface area contributed by atoms with Crippen LogP contribution < -0.4 is 10.6 Å². The van der Waals surface area contributed by atoms with E-state index in [1.807, 2.05) is 0 Å².